The van der Waals surface area contributed by atoms with Crippen LogP contribution in [0.25, 0.3) is 0 Å². The maximum absolute atomic E-state index is 11.0. The van der Waals surface area contributed by atoms with Gasteiger partial charge in [0.1, 0.15) is 0 Å². The molecule has 0 radical (unpaired) electrons. The molecule has 0 unspecified atom stereocenters. The van der Waals surface area contributed by atoms with Crippen molar-refractivity contribution in [3.8, 4) is 0 Å². The molecule has 0 saturated carbocycles. The van der Waals surface area contributed by atoms with Crippen molar-refractivity contribution in [1.29, 1.82) is 0 Å². The summed E-state index contributed by atoms with van der Waals surface area (Å²) in [4.78, 5) is 11.0. The molecule has 1 aliphatic heterocycles. The molecule has 0 aliphatic carbocycles. The Kier molecular flexibility index (Phi) is 2.00. The minimum atomic E-state index is -0.0400. The Morgan fingerprint density at radius 3 is 2.85 bits per heavy atom. The van der Waals surface area contributed by atoms with E-state index in [4.69, 9.17) is 0 Å². The highest BCUT2D eigenvalue weighted by Crippen LogP contribution is 2.27. The van der Waals surface area contributed by atoms with Crippen molar-refractivity contribution in [1.82, 2.24) is 15.5 Å². The summed E-state index contributed by atoms with van der Waals surface area (Å²) in [5.41, 5.74) is 1.07. The van der Waals surface area contributed by atoms with E-state index in [-0.39, 0.29) is 11.0 Å². The lowest BCUT2D eigenvalue weighted by atomic mass is 9.80. The van der Waals surface area contributed by atoms with Gasteiger partial charge in [-0.25, -0.2) is 0 Å². The summed E-state index contributed by atoms with van der Waals surface area (Å²) in [5, 5.41) is 8.87. The molecule has 13 heavy (non-hydrogen) atoms. The molecule has 0 amide bonds. The van der Waals surface area contributed by atoms with E-state index in [0.717, 1.165) is 25.2 Å². The molecule has 1 atom stereocenters. The van der Waals surface area contributed by atoms with Crippen LogP contribution in [-0.4, -0.2) is 23.3 Å². The van der Waals surface area contributed by atoms with Gasteiger partial charge in [-0.2, -0.15) is 0 Å². The van der Waals surface area contributed by atoms with Gasteiger partial charge in [-0.3, -0.25) is 9.89 Å². The second-order valence-corrected chi connectivity index (χ2v) is 4.01. The van der Waals surface area contributed by atoms with Crippen LogP contribution in [0.5, 0.6) is 0 Å². The van der Waals surface area contributed by atoms with Crippen LogP contribution in [0.2, 0.25) is 0 Å². The molecule has 1 aromatic heterocycles. The zero-order chi connectivity index (χ0) is 9.31. The van der Waals surface area contributed by atoms with E-state index in [1.54, 1.807) is 6.07 Å². The highest BCUT2D eigenvalue weighted by atomic mass is 16.1. The molecular weight excluding hydrogens is 166 g/mol. The highest BCUT2D eigenvalue weighted by Gasteiger charge is 2.30. The number of rotatable bonds is 1. The van der Waals surface area contributed by atoms with Crippen molar-refractivity contribution in [2.45, 2.75) is 25.2 Å². The van der Waals surface area contributed by atoms with Crippen LogP contribution in [0.1, 0.15) is 25.5 Å². The summed E-state index contributed by atoms with van der Waals surface area (Å²) in [5.74, 6) is 0. The van der Waals surface area contributed by atoms with Crippen LogP contribution in [0, 0.1) is 0 Å². The summed E-state index contributed by atoms with van der Waals surface area (Å²) in [6.45, 7) is 4.21. The fourth-order valence-electron chi connectivity index (χ4n) is 1.94. The van der Waals surface area contributed by atoms with Crippen LogP contribution in [0.4, 0.5) is 0 Å². The van der Waals surface area contributed by atoms with E-state index in [1.807, 2.05) is 0 Å². The van der Waals surface area contributed by atoms with E-state index in [0.29, 0.717) is 0 Å². The zero-order valence-electron chi connectivity index (χ0n) is 7.81. The van der Waals surface area contributed by atoms with Crippen LogP contribution < -0.4 is 10.9 Å². The van der Waals surface area contributed by atoms with Crippen molar-refractivity contribution < 1.29 is 0 Å². The molecule has 4 heteroatoms. The Labute approximate surface area is 76.7 Å². The Bertz CT molecular complexity index is 333. The minimum absolute atomic E-state index is 0.0400. The molecular formula is C9H15N3O. The van der Waals surface area contributed by atoms with Crippen molar-refractivity contribution in [3.63, 3.8) is 0 Å². The lowest BCUT2D eigenvalue weighted by Crippen LogP contribution is -2.41. The molecule has 2 rings (SSSR count). The predicted octanol–water partition coefficient (Wildman–Crippen LogP) is 0.344. The van der Waals surface area contributed by atoms with Crippen molar-refractivity contribution in [3.05, 3.63) is 22.1 Å². The van der Waals surface area contributed by atoms with Gasteiger partial charge >= 0.3 is 0 Å². The molecule has 2 heterocycles. The summed E-state index contributed by atoms with van der Waals surface area (Å²) < 4.78 is 0. The number of aromatic nitrogens is 2. The summed E-state index contributed by atoms with van der Waals surface area (Å²) in [6, 6.07) is 1.66. The topological polar surface area (TPSA) is 60.7 Å². The smallest absolute Gasteiger partial charge is 0.264 e. The average molecular weight is 181 g/mol. The Morgan fingerprint density at radius 1 is 1.46 bits per heavy atom. The monoisotopic (exact) mass is 181 g/mol. The van der Waals surface area contributed by atoms with E-state index >= 15 is 0 Å². The van der Waals surface area contributed by atoms with Crippen LogP contribution in [-0.2, 0) is 5.41 Å². The van der Waals surface area contributed by atoms with E-state index in [1.165, 1.54) is 6.42 Å². The van der Waals surface area contributed by atoms with Crippen molar-refractivity contribution >= 4 is 0 Å². The largest absolute Gasteiger partial charge is 0.316 e. The average Bonchev–Trinajstić information content (AvgIpc) is 2.54. The lowest BCUT2D eigenvalue weighted by Gasteiger charge is -2.32. The standard InChI is InChI=1S/C9H15N3O/c1-9(3-2-4-10-6-9)7-5-8(13)12-11-7/h5,10H,2-4,6H2,1H3,(H2,11,12,13)/t9-/m0/s1. The maximum atomic E-state index is 11.0. The summed E-state index contributed by atoms with van der Waals surface area (Å²) >= 11 is 0. The molecule has 1 aliphatic rings. The molecule has 0 aromatic carbocycles. The molecule has 4 nitrogen and oxygen atoms in total. The van der Waals surface area contributed by atoms with E-state index in [2.05, 4.69) is 22.4 Å². The molecule has 1 fully saturated rings. The third-order valence-corrected chi connectivity index (χ3v) is 2.84. The first kappa shape index (κ1) is 8.56. The predicted molar refractivity (Wildman–Crippen MR) is 50.9 cm³/mol. The normalized spacial score (nSPS) is 29.0. The zero-order valence-corrected chi connectivity index (χ0v) is 7.81. The Morgan fingerprint density at radius 2 is 2.31 bits per heavy atom. The van der Waals surface area contributed by atoms with Gasteiger partial charge in [0.2, 0.25) is 0 Å². The van der Waals surface area contributed by atoms with Gasteiger partial charge in [0, 0.05) is 23.7 Å². The second kappa shape index (κ2) is 3.03. The second-order valence-electron chi connectivity index (χ2n) is 4.01. The first-order valence-corrected chi connectivity index (χ1v) is 4.70. The SMILES string of the molecule is C[C@]1(c2cc(=O)[nH][nH]2)CCCNC1. The van der Waals surface area contributed by atoms with Crippen LogP contribution in [0.15, 0.2) is 10.9 Å². The van der Waals surface area contributed by atoms with Crippen LogP contribution >= 0.6 is 0 Å². The molecule has 1 aromatic rings. The lowest BCUT2D eigenvalue weighted by molar-refractivity contribution is 0.331. The van der Waals surface area contributed by atoms with Gasteiger partial charge in [-0.15, -0.1) is 0 Å². The quantitative estimate of drug-likeness (QED) is 0.585. The molecule has 72 valence electrons. The van der Waals surface area contributed by atoms with Crippen molar-refractivity contribution in [2.24, 2.45) is 0 Å². The molecule has 1 saturated heterocycles. The Hall–Kier alpha value is -1.03. The van der Waals surface area contributed by atoms with Gasteiger partial charge in [0.15, 0.2) is 0 Å². The molecule has 3 N–H and O–H groups in total. The number of H-pyrrole nitrogens is 2. The third-order valence-electron chi connectivity index (χ3n) is 2.84. The summed E-state index contributed by atoms with van der Waals surface area (Å²) in [6.07, 6.45) is 2.30. The highest BCUT2D eigenvalue weighted by molar-refractivity contribution is 5.15. The first-order valence-electron chi connectivity index (χ1n) is 4.70. The molecule has 0 spiro atoms. The van der Waals surface area contributed by atoms with Crippen LogP contribution in [0.3, 0.4) is 0 Å². The van der Waals surface area contributed by atoms with Gasteiger partial charge in [-0.05, 0) is 19.4 Å². The van der Waals surface area contributed by atoms with E-state index < -0.39 is 0 Å². The number of piperidine rings is 1. The number of aromatic amines is 2. The van der Waals surface area contributed by atoms with E-state index in [9.17, 15) is 4.79 Å². The first-order chi connectivity index (χ1) is 6.21. The maximum Gasteiger partial charge on any atom is 0.264 e. The number of hydrogen-bond donors (Lipinski definition) is 3. The minimum Gasteiger partial charge on any atom is -0.316 e. The van der Waals surface area contributed by atoms with Gasteiger partial charge in [-0.1, -0.05) is 6.92 Å². The van der Waals surface area contributed by atoms with Gasteiger partial charge in [0.25, 0.3) is 5.56 Å². The molecule has 0 bridgehead atoms. The summed E-state index contributed by atoms with van der Waals surface area (Å²) in [7, 11) is 0. The fourth-order valence-corrected chi connectivity index (χ4v) is 1.94. The van der Waals surface area contributed by atoms with Crippen molar-refractivity contribution in [2.75, 3.05) is 13.1 Å². The number of nitrogens with one attached hydrogen (secondary N) is 3. The van der Waals surface area contributed by atoms with Gasteiger partial charge < -0.3 is 10.4 Å². The Balaban J connectivity index is 2.27. The number of hydrogen-bond acceptors (Lipinski definition) is 2. The van der Waals surface area contributed by atoms with Gasteiger partial charge in [0.05, 0.1) is 0 Å². The fraction of sp³-hybridized carbons (Fsp3) is 0.667. The third kappa shape index (κ3) is 1.54.